The molecule has 3 heteroatoms. The molecule has 0 unspecified atom stereocenters. The third-order valence-corrected chi connectivity index (χ3v) is 2.22. The van der Waals surface area contributed by atoms with Crippen LogP contribution in [0.2, 0.25) is 0 Å². The number of nitriles is 1. The van der Waals surface area contributed by atoms with E-state index in [1.54, 1.807) is 12.1 Å². The fourth-order valence-corrected chi connectivity index (χ4v) is 1.56. The smallest absolute Gasteiger partial charge is 0.182 e. The van der Waals surface area contributed by atoms with Gasteiger partial charge in [-0.15, -0.1) is 0 Å². The third-order valence-electron chi connectivity index (χ3n) is 2.22. The molecule has 0 saturated heterocycles. The summed E-state index contributed by atoms with van der Waals surface area (Å²) in [4.78, 5) is 11.1. The molecule has 0 aliphatic heterocycles. The highest BCUT2D eigenvalue weighted by molar-refractivity contribution is 5.12. The first kappa shape index (κ1) is 10.5. The van der Waals surface area contributed by atoms with Crippen LogP contribution in [0.3, 0.4) is 0 Å². The van der Waals surface area contributed by atoms with Gasteiger partial charge >= 0.3 is 0 Å². The van der Waals surface area contributed by atoms with Gasteiger partial charge in [-0.3, -0.25) is 4.79 Å². The third kappa shape index (κ3) is 2.46. The molecule has 0 N–H and O–H groups in total. The normalized spacial score (nSPS) is 9.79. The zero-order chi connectivity index (χ0) is 10.6. The highest BCUT2D eigenvalue weighted by atomic mass is 16.1. The Labute approximate surface area is 83.6 Å². The molecule has 1 aromatic rings. The number of aromatic nitrogens is 1. The second-order valence-electron chi connectivity index (χ2n) is 3.39. The molecule has 0 radical (unpaired) electrons. The molecule has 0 atom stereocenters. The predicted molar refractivity (Wildman–Crippen MR) is 55.0 cm³/mol. The predicted octanol–water partition coefficient (Wildman–Crippen LogP) is 1.77. The summed E-state index contributed by atoms with van der Waals surface area (Å²) < 4.78 is 2.07. The van der Waals surface area contributed by atoms with E-state index in [1.165, 1.54) is 0 Å². The molecule has 0 amide bonds. The minimum absolute atomic E-state index is 0.0523. The fourth-order valence-electron chi connectivity index (χ4n) is 1.56. The summed E-state index contributed by atoms with van der Waals surface area (Å²) in [6.45, 7) is 4.65. The highest BCUT2D eigenvalue weighted by Crippen LogP contribution is 2.03. The molecule has 74 valence electrons. The van der Waals surface area contributed by atoms with Crippen LogP contribution in [-0.4, -0.2) is 4.57 Å². The molecule has 1 rings (SSSR count). The molecule has 0 aromatic carbocycles. The summed E-state index contributed by atoms with van der Waals surface area (Å²) in [7, 11) is 0. The largest absolute Gasteiger partial charge is 0.349 e. The van der Waals surface area contributed by atoms with Gasteiger partial charge in [0.1, 0.15) is 0 Å². The number of hydrogen-bond acceptors (Lipinski definition) is 2. The lowest BCUT2D eigenvalue weighted by atomic mass is 10.2. The molecule has 0 bridgehead atoms. The number of hydrogen-bond donors (Lipinski definition) is 0. The van der Waals surface area contributed by atoms with Gasteiger partial charge in [0.05, 0.1) is 6.07 Å². The van der Waals surface area contributed by atoms with Crippen LogP contribution in [0.25, 0.3) is 0 Å². The standard InChI is InChI=1S/C11H14N2O/c1-9-7-11(14)8-10(2)13(9)6-4-3-5-12/h7-8H,3-4,6H2,1-2H3. The molecule has 3 nitrogen and oxygen atoms in total. The first-order valence-electron chi connectivity index (χ1n) is 4.70. The van der Waals surface area contributed by atoms with Gasteiger partial charge in [0, 0.05) is 36.5 Å². The molecular weight excluding hydrogens is 176 g/mol. The Bertz CT molecular complexity index is 386. The van der Waals surface area contributed by atoms with Crippen molar-refractivity contribution in [2.75, 3.05) is 0 Å². The van der Waals surface area contributed by atoms with Crippen LogP contribution in [0.4, 0.5) is 0 Å². The topological polar surface area (TPSA) is 45.8 Å². The summed E-state index contributed by atoms with van der Waals surface area (Å²) >= 11 is 0. The zero-order valence-corrected chi connectivity index (χ0v) is 8.58. The minimum atomic E-state index is 0.0523. The van der Waals surface area contributed by atoms with E-state index in [9.17, 15) is 4.79 Å². The van der Waals surface area contributed by atoms with Crippen molar-refractivity contribution in [1.82, 2.24) is 4.57 Å². The summed E-state index contributed by atoms with van der Waals surface area (Å²) in [5, 5.41) is 8.42. The average molecular weight is 190 g/mol. The van der Waals surface area contributed by atoms with E-state index >= 15 is 0 Å². The maximum Gasteiger partial charge on any atom is 0.182 e. The molecule has 0 aliphatic rings. The van der Waals surface area contributed by atoms with Crippen molar-refractivity contribution < 1.29 is 0 Å². The molecule has 0 spiro atoms. The van der Waals surface area contributed by atoms with Crippen molar-refractivity contribution in [3.63, 3.8) is 0 Å². The SMILES string of the molecule is Cc1cc(=O)cc(C)n1CCCC#N. The van der Waals surface area contributed by atoms with E-state index in [0.29, 0.717) is 6.42 Å². The van der Waals surface area contributed by atoms with Crippen molar-refractivity contribution in [3.05, 3.63) is 33.7 Å². The Balaban J connectivity index is 2.87. The summed E-state index contributed by atoms with van der Waals surface area (Å²) in [5.74, 6) is 0. The van der Waals surface area contributed by atoms with Gasteiger partial charge in [0.25, 0.3) is 0 Å². The summed E-state index contributed by atoms with van der Waals surface area (Å²) in [6, 6.07) is 5.36. The van der Waals surface area contributed by atoms with Gasteiger partial charge in [-0.2, -0.15) is 5.26 Å². The van der Waals surface area contributed by atoms with E-state index in [4.69, 9.17) is 5.26 Å². The van der Waals surface area contributed by atoms with Crippen molar-refractivity contribution in [2.45, 2.75) is 33.2 Å². The lowest BCUT2D eigenvalue weighted by Gasteiger charge is -2.12. The van der Waals surface area contributed by atoms with Crippen LogP contribution in [0.15, 0.2) is 16.9 Å². The van der Waals surface area contributed by atoms with Crippen molar-refractivity contribution >= 4 is 0 Å². The van der Waals surface area contributed by atoms with Gasteiger partial charge in [-0.05, 0) is 20.3 Å². The lowest BCUT2D eigenvalue weighted by Crippen LogP contribution is -2.12. The van der Waals surface area contributed by atoms with Gasteiger partial charge in [-0.25, -0.2) is 0 Å². The van der Waals surface area contributed by atoms with Crippen molar-refractivity contribution in [1.29, 1.82) is 5.26 Å². The molecule has 1 heterocycles. The number of pyridine rings is 1. The Kier molecular flexibility index (Phi) is 3.47. The number of unbranched alkanes of at least 4 members (excludes halogenated alkanes) is 1. The van der Waals surface area contributed by atoms with E-state index in [1.807, 2.05) is 13.8 Å². The fraction of sp³-hybridized carbons (Fsp3) is 0.455. The highest BCUT2D eigenvalue weighted by Gasteiger charge is 2.00. The molecule has 0 fully saturated rings. The minimum Gasteiger partial charge on any atom is -0.349 e. The van der Waals surface area contributed by atoms with E-state index in [2.05, 4.69) is 10.6 Å². The maximum absolute atomic E-state index is 11.1. The first-order chi connectivity index (χ1) is 6.65. The summed E-state index contributed by atoms with van der Waals surface area (Å²) in [6.07, 6.45) is 1.39. The van der Waals surface area contributed by atoms with Crippen LogP contribution in [0.5, 0.6) is 0 Å². The Morgan fingerprint density at radius 1 is 1.36 bits per heavy atom. The van der Waals surface area contributed by atoms with Gasteiger partial charge < -0.3 is 4.57 Å². The molecular formula is C11H14N2O. The first-order valence-corrected chi connectivity index (χ1v) is 4.70. The average Bonchev–Trinajstić information content (AvgIpc) is 2.09. The van der Waals surface area contributed by atoms with Gasteiger partial charge in [0.2, 0.25) is 0 Å². The number of aryl methyl sites for hydroxylation is 2. The molecule has 0 aliphatic carbocycles. The Morgan fingerprint density at radius 2 is 1.93 bits per heavy atom. The zero-order valence-electron chi connectivity index (χ0n) is 8.58. The second-order valence-corrected chi connectivity index (χ2v) is 3.39. The van der Waals surface area contributed by atoms with E-state index < -0.39 is 0 Å². The number of nitrogens with zero attached hydrogens (tertiary/aromatic N) is 2. The van der Waals surface area contributed by atoms with Crippen LogP contribution in [-0.2, 0) is 6.54 Å². The van der Waals surface area contributed by atoms with E-state index in [0.717, 1.165) is 24.4 Å². The van der Waals surface area contributed by atoms with Crippen molar-refractivity contribution in [3.8, 4) is 6.07 Å². The van der Waals surface area contributed by atoms with Crippen LogP contribution < -0.4 is 5.43 Å². The maximum atomic E-state index is 11.1. The lowest BCUT2D eigenvalue weighted by molar-refractivity contribution is 0.616. The van der Waals surface area contributed by atoms with Crippen molar-refractivity contribution in [2.24, 2.45) is 0 Å². The second kappa shape index (κ2) is 4.61. The van der Waals surface area contributed by atoms with Crippen LogP contribution >= 0.6 is 0 Å². The quantitative estimate of drug-likeness (QED) is 0.682. The molecule has 14 heavy (non-hydrogen) atoms. The summed E-state index contributed by atoms with van der Waals surface area (Å²) in [5.41, 5.74) is 1.98. The van der Waals surface area contributed by atoms with E-state index in [-0.39, 0.29) is 5.43 Å². The van der Waals surface area contributed by atoms with Gasteiger partial charge in [-0.1, -0.05) is 0 Å². The van der Waals surface area contributed by atoms with Crippen LogP contribution in [0.1, 0.15) is 24.2 Å². The van der Waals surface area contributed by atoms with Crippen LogP contribution in [0, 0.1) is 25.2 Å². The Morgan fingerprint density at radius 3 is 2.43 bits per heavy atom. The van der Waals surface area contributed by atoms with Gasteiger partial charge in [0.15, 0.2) is 5.43 Å². The Hall–Kier alpha value is -1.56. The number of rotatable bonds is 3. The monoisotopic (exact) mass is 190 g/mol. The molecule has 0 saturated carbocycles. The molecule has 1 aromatic heterocycles.